The molecule has 112 valence electrons. The second-order valence-corrected chi connectivity index (χ2v) is 5.17. The third-order valence-electron chi connectivity index (χ3n) is 3.67. The molecule has 4 heteroatoms. The van der Waals surface area contributed by atoms with Gasteiger partial charge in [-0.1, -0.05) is 6.07 Å². The van der Waals surface area contributed by atoms with Crippen molar-refractivity contribution in [1.82, 2.24) is 5.32 Å². The molecular weight excluding hydrogens is 255 g/mol. The van der Waals surface area contributed by atoms with E-state index < -0.39 is 0 Å². The summed E-state index contributed by atoms with van der Waals surface area (Å²) in [6.45, 7) is 7.74. The third kappa shape index (κ3) is 4.18. The Hall–Kier alpha value is -1.13. The van der Waals surface area contributed by atoms with Gasteiger partial charge in [0.05, 0.1) is 6.61 Å². The molecule has 0 aromatic heterocycles. The van der Waals surface area contributed by atoms with Crippen molar-refractivity contribution in [2.45, 2.75) is 39.3 Å². The molecule has 2 rings (SSSR count). The number of nitrogens with zero attached hydrogens (tertiary/aromatic N) is 1. The number of hydrogen-bond donors (Lipinski definition) is 1. The molecule has 0 radical (unpaired) electrons. The van der Waals surface area contributed by atoms with E-state index in [9.17, 15) is 4.39 Å². The fourth-order valence-electron chi connectivity index (χ4n) is 2.32. The maximum Gasteiger partial charge on any atom is 0.129 e. The minimum atomic E-state index is -0.120. The van der Waals surface area contributed by atoms with Crippen LogP contribution in [0.2, 0.25) is 0 Å². The largest absolute Gasteiger partial charge is 0.380 e. The predicted octanol–water partition coefficient (Wildman–Crippen LogP) is 2.94. The van der Waals surface area contributed by atoms with Gasteiger partial charge in [-0.15, -0.1) is 0 Å². The van der Waals surface area contributed by atoms with E-state index in [1.807, 2.05) is 13.0 Å². The van der Waals surface area contributed by atoms with Crippen LogP contribution in [0.1, 0.15) is 32.3 Å². The van der Waals surface area contributed by atoms with E-state index in [1.54, 1.807) is 12.1 Å². The average Bonchev–Trinajstić information content (AvgIpc) is 3.26. The van der Waals surface area contributed by atoms with E-state index in [0.29, 0.717) is 19.2 Å². The predicted molar refractivity (Wildman–Crippen MR) is 80.6 cm³/mol. The zero-order valence-corrected chi connectivity index (χ0v) is 12.5. The molecule has 1 aliphatic rings. The summed E-state index contributed by atoms with van der Waals surface area (Å²) >= 11 is 0. The van der Waals surface area contributed by atoms with E-state index in [0.717, 1.165) is 30.9 Å². The van der Waals surface area contributed by atoms with Crippen LogP contribution >= 0.6 is 0 Å². The third-order valence-corrected chi connectivity index (χ3v) is 3.67. The smallest absolute Gasteiger partial charge is 0.129 e. The summed E-state index contributed by atoms with van der Waals surface area (Å²) in [6, 6.07) is 5.92. The number of anilines is 1. The van der Waals surface area contributed by atoms with Crippen LogP contribution in [0.3, 0.4) is 0 Å². The summed E-state index contributed by atoms with van der Waals surface area (Å²) in [7, 11) is 0. The summed E-state index contributed by atoms with van der Waals surface area (Å²) in [4.78, 5) is 2.18. The molecule has 0 amide bonds. The molecule has 0 heterocycles. The number of nitrogens with one attached hydrogen (secondary N) is 1. The Morgan fingerprint density at radius 3 is 2.80 bits per heavy atom. The van der Waals surface area contributed by atoms with Crippen LogP contribution in [-0.4, -0.2) is 32.3 Å². The maximum atomic E-state index is 14.1. The summed E-state index contributed by atoms with van der Waals surface area (Å²) in [6.07, 6.45) is 2.43. The molecule has 0 atom stereocenters. The molecule has 1 N–H and O–H groups in total. The van der Waals surface area contributed by atoms with Gasteiger partial charge >= 0.3 is 0 Å². The second-order valence-electron chi connectivity index (χ2n) is 5.17. The highest BCUT2D eigenvalue weighted by Gasteiger charge is 2.22. The van der Waals surface area contributed by atoms with Crippen LogP contribution in [0.5, 0.6) is 0 Å². The monoisotopic (exact) mass is 280 g/mol. The summed E-state index contributed by atoms with van der Waals surface area (Å²) < 4.78 is 19.5. The van der Waals surface area contributed by atoms with Crippen molar-refractivity contribution in [2.75, 3.05) is 31.2 Å². The minimum absolute atomic E-state index is 0.120. The summed E-state index contributed by atoms with van der Waals surface area (Å²) in [5, 5.41) is 3.40. The number of halogens is 1. The van der Waals surface area contributed by atoms with Crippen molar-refractivity contribution in [1.29, 1.82) is 0 Å². The molecule has 1 fully saturated rings. The maximum absolute atomic E-state index is 14.1. The van der Waals surface area contributed by atoms with Gasteiger partial charge in [0, 0.05) is 43.5 Å². The molecule has 0 bridgehead atoms. The van der Waals surface area contributed by atoms with Crippen molar-refractivity contribution in [2.24, 2.45) is 0 Å². The topological polar surface area (TPSA) is 24.5 Å². The Morgan fingerprint density at radius 1 is 1.35 bits per heavy atom. The molecule has 0 unspecified atom stereocenters. The van der Waals surface area contributed by atoms with Gasteiger partial charge in [0.2, 0.25) is 0 Å². The van der Waals surface area contributed by atoms with Gasteiger partial charge in [0.15, 0.2) is 0 Å². The van der Waals surface area contributed by atoms with Gasteiger partial charge in [-0.25, -0.2) is 4.39 Å². The molecule has 1 aromatic carbocycles. The first-order chi connectivity index (χ1) is 9.76. The molecule has 3 nitrogen and oxygen atoms in total. The van der Waals surface area contributed by atoms with Crippen LogP contribution in [0.15, 0.2) is 18.2 Å². The Kier molecular flexibility index (Phi) is 5.80. The molecule has 0 aliphatic heterocycles. The first kappa shape index (κ1) is 15.3. The molecule has 0 spiro atoms. The lowest BCUT2D eigenvalue weighted by molar-refractivity contribution is 0.154. The quantitative estimate of drug-likeness (QED) is 0.704. The normalized spacial score (nSPS) is 14.6. The average molecular weight is 280 g/mol. The minimum Gasteiger partial charge on any atom is -0.380 e. The number of benzene rings is 1. The van der Waals surface area contributed by atoms with E-state index in [4.69, 9.17) is 4.74 Å². The standard InChI is InChI=1S/C16H25FN2O/c1-3-19(10-11-20-4-2)16-7-5-6-15(17)14(16)12-18-13-8-9-13/h5-7,13,18H,3-4,8-12H2,1-2H3. The van der Waals surface area contributed by atoms with Crippen molar-refractivity contribution >= 4 is 5.69 Å². The van der Waals surface area contributed by atoms with Crippen LogP contribution in [0.4, 0.5) is 10.1 Å². The first-order valence-electron chi connectivity index (χ1n) is 7.59. The lowest BCUT2D eigenvalue weighted by Crippen LogP contribution is -2.29. The molecule has 1 saturated carbocycles. The van der Waals surface area contributed by atoms with E-state index in [-0.39, 0.29) is 5.82 Å². The molecule has 1 aromatic rings. The van der Waals surface area contributed by atoms with Crippen LogP contribution in [-0.2, 0) is 11.3 Å². The van der Waals surface area contributed by atoms with E-state index in [2.05, 4.69) is 17.1 Å². The number of likely N-dealkylation sites (N-methyl/N-ethyl adjacent to an activating group) is 1. The van der Waals surface area contributed by atoms with Gasteiger partial charge in [0.25, 0.3) is 0 Å². The van der Waals surface area contributed by atoms with Crippen LogP contribution in [0, 0.1) is 5.82 Å². The fraction of sp³-hybridized carbons (Fsp3) is 0.625. The molecule has 0 saturated heterocycles. The Bertz CT molecular complexity index is 421. The van der Waals surface area contributed by atoms with Crippen LogP contribution < -0.4 is 10.2 Å². The highest BCUT2D eigenvalue weighted by molar-refractivity contribution is 5.54. The number of hydrogen-bond acceptors (Lipinski definition) is 3. The number of rotatable bonds is 9. The Balaban J connectivity index is 2.07. The van der Waals surface area contributed by atoms with Crippen molar-refractivity contribution in [3.63, 3.8) is 0 Å². The summed E-state index contributed by atoms with van der Waals surface area (Å²) in [5.41, 5.74) is 1.76. The molecule has 1 aliphatic carbocycles. The van der Waals surface area contributed by atoms with E-state index in [1.165, 1.54) is 12.8 Å². The Labute approximate surface area is 121 Å². The van der Waals surface area contributed by atoms with Crippen molar-refractivity contribution < 1.29 is 9.13 Å². The highest BCUT2D eigenvalue weighted by Crippen LogP contribution is 2.25. The van der Waals surface area contributed by atoms with Gasteiger partial charge in [0.1, 0.15) is 5.82 Å². The van der Waals surface area contributed by atoms with Crippen LogP contribution in [0.25, 0.3) is 0 Å². The zero-order chi connectivity index (χ0) is 14.4. The lowest BCUT2D eigenvalue weighted by atomic mass is 10.1. The highest BCUT2D eigenvalue weighted by atomic mass is 19.1. The van der Waals surface area contributed by atoms with Gasteiger partial charge in [-0.3, -0.25) is 0 Å². The molecule has 20 heavy (non-hydrogen) atoms. The van der Waals surface area contributed by atoms with Crippen molar-refractivity contribution in [3.8, 4) is 0 Å². The van der Waals surface area contributed by atoms with E-state index >= 15 is 0 Å². The first-order valence-corrected chi connectivity index (χ1v) is 7.59. The SMILES string of the molecule is CCOCCN(CC)c1cccc(F)c1CNC1CC1. The molecular formula is C16H25FN2O. The van der Waals surface area contributed by atoms with Gasteiger partial charge in [-0.05, 0) is 38.8 Å². The number of ether oxygens (including phenoxy) is 1. The zero-order valence-electron chi connectivity index (χ0n) is 12.5. The van der Waals surface area contributed by atoms with Gasteiger partial charge < -0.3 is 15.0 Å². The fourth-order valence-corrected chi connectivity index (χ4v) is 2.32. The van der Waals surface area contributed by atoms with Crippen molar-refractivity contribution in [3.05, 3.63) is 29.6 Å². The lowest BCUT2D eigenvalue weighted by Gasteiger charge is -2.26. The van der Waals surface area contributed by atoms with Gasteiger partial charge in [-0.2, -0.15) is 0 Å². The Morgan fingerprint density at radius 2 is 2.15 bits per heavy atom. The second kappa shape index (κ2) is 7.60. The summed E-state index contributed by atoms with van der Waals surface area (Å²) in [5.74, 6) is -0.120.